The summed E-state index contributed by atoms with van der Waals surface area (Å²) in [5.41, 5.74) is 7.33. The zero-order chi connectivity index (χ0) is 25.9. The summed E-state index contributed by atoms with van der Waals surface area (Å²) in [7, 11) is 1.53. The van der Waals surface area contributed by atoms with Crippen LogP contribution in [0.25, 0.3) is 5.57 Å². The van der Waals surface area contributed by atoms with Gasteiger partial charge in [0, 0.05) is 61.1 Å². The molecule has 3 heterocycles. The van der Waals surface area contributed by atoms with Gasteiger partial charge in [0.15, 0.2) is 0 Å². The number of anilines is 1. The van der Waals surface area contributed by atoms with Gasteiger partial charge in [-0.05, 0) is 37.5 Å². The molecule has 0 unspecified atom stereocenters. The fourth-order valence-corrected chi connectivity index (χ4v) is 5.01. The number of piperidine rings is 1. The van der Waals surface area contributed by atoms with E-state index in [4.69, 9.17) is 21.3 Å². The molecule has 11 heteroatoms. The molecule has 0 aliphatic carbocycles. The third-order valence-electron chi connectivity index (χ3n) is 7.07. The molecule has 188 valence electrons. The van der Waals surface area contributed by atoms with Crippen molar-refractivity contribution in [3.05, 3.63) is 53.5 Å². The number of benzene rings is 1. The summed E-state index contributed by atoms with van der Waals surface area (Å²) in [6, 6.07) is 6.95. The molecule has 0 bridgehead atoms. The largest absolute Gasteiger partial charge is 0.496 e. The van der Waals surface area contributed by atoms with Crippen molar-refractivity contribution in [3.8, 4) is 5.75 Å². The number of carbonyl (C=O) groups is 3. The van der Waals surface area contributed by atoms with E-state index in [9.17, 15) is 14.4 Å². The van der Waals surface area contributed by atoms with Crippen molar-refractivity contribution in [2.45, 2.75) is 19.3 Å². The lowest BCUT2D eigenvalue weighted by atomic mass is 9.77. The van der Waals surface area contributed by atoms with Crippen LogP contribution in [0.4, 0.5) is 5.69 Å². The Morgan fingerprint density at radius 3 is 2.50 bits per heavy atom. The molecule has 4 rings (SSSR count). The molecule has 1 aromatic heterocycles. The molecule has 3 amide bonds. The molecule has 11 nitrogen and oxygen atoms in total. The van der Waals surface area contributed by atoms with Gasteiger partial charge in [0.1, 0.15) is 11.4 Å². The van der Waals surface area contributed by atoms with Crippen LogP contribution < -0.4 is 20.7 Å². The van der Waals surface area contributed by atoms with Crippen molar-refractivity contribution in [1.82, 2.24) is 15.2 Å². The number of aromatic amines is 1. The fourth-order valence-electron chi connectivity index (χ4n) is 5.01. The predicted octanol–water partition coefficient (Wildman–Crippen LogP) is 1.97. The Kier molecular flexibility index (Phi) is 6.91. The lowest BCUT2D eigenvalue weighted by Gasteiger charge is -2.38. The Morgan fingerprint density at radius 1 is 1.14 bits per heavy atom. The van der Waals surface area contributed by atoms with E-state index in [2.05, 4.69) is 10.3 Å². The summed E-state index contributed by atoms with van der Waals surface area (Å²) in [5, 5.41) is 16.8. The van der Waals surface area contributed by atoms with E-state index in [0.717, 1.165) is 12.6 Å². The average Bonchev–Trinajstić information content (AvgIpc) is 3.51. The standard InChI is InChI=1S/C25H29N7O4/c1-36-20-12-17(2-3-18(20)16(13-26)14-27)32-11-7-25(24(32)35)5-9-31(10-6-25)23(34)19-4-8-29-21(19)22(33)30-15-28/h2-4,8,12-15,26,29H,5-7,9-11,27H2,1H3,(H2,28,30,33)/b16-14+,26-13?. The van der Waals surface area contributed by atoms with Crippen molar-refractivity contribution in [1.29, 1.82) is 10.8 Å². The number of nitrogens with two attached hydrogens (primary N) is 1. The summed E-state index contributed by atoms with van der Waals surface area (Å²) in [5.74, 6) is -0.279. The molecule has 2 aliphatic heterocycles. The summed E-state index contributed by atoms with van der Waals surface area (Å²) in [6.45, 7) is 1.37. The normalized spacial score (nSPS) is 17.2. The zero-order valence-electron chi connectivity index (χ0n) is 20.0. The van der Waals surface area contributed by atoms with E-state index in [0.29, 0.717) is 61.5 Å². The number of hydrogen-bond acceptors (Lipinski definition) is 7. The van der Waals surface area contributed by atoms with Crippen LogP contribution in [-0.2, 0) is 4.79 Å². The predicted molar refractivity (Wildman–Crippen MR) is 136 cm³/mol. The van der Waals surface area contributed by atoms with Crippen molar-refractivity contribution < 1.29 is 19.1 Å². The minimum atomic E-state index is -0.551. The second kappa shape index (κ2) is 10.1. The zero-order valence-corrected chi connectivity index (χ0v) is 20.0. The van der Waals surface area contributed by atoms with E-state index in [1.807, 2.05) is 6.07 Å². The molecule has 0 saturated carbocycles. The van der Waals surface area contributed by atoms with Crippen LogP contribution in [-0.4, -0.2) is 66.9 Å². The van der Waals surface area contributed by atoms with Crippen LogP contribution in [0.2, 0.25) is 0 Å². The molecule has 2 aromatic rings. The summed E-state index contributed by atoms with van der Waals surface area (Å²) in [4.78, 5) is 45.0. The molecule has 1 spiro atoms. The van der Waals surface area contributed by atoms with Crippen LogP contribution in [0, 0.1) is 16.2 Å². The number of rotatable bonds is 7. The maximum Gasteiger partial charge on any atom is 0.273 e. The van der Waals surface area contributed by atoms with Gasteiger partial charge in [0.05, 0.1) is 24.4 Å². The number of nitrogens with zero attached hydrogens (tertiary/aromatic N) is 2. The first-order chi connectivity index (χ1) is 17.4. The van der Waals surface area contributed by atoms with Crippen LogP contribution in [0.1, 0.15) is 45.7 Å². The first-order valence-electron chi connectivity index (χ1n) is 11.6. The molecule has 2 fully saturated rings. The topological polar surface area (TPSA) is 168 Å². The van der Waals surface area contributed by atoms with Gasteiger partial charge in [-0.25, -0.2) is 0 Å². The van der Waals surface area contributed by atoms with Gasteiger partial charge < -0.3 is 36.0 Å². The minimum Gasteiger partial charge on any atom is -0.496 e. The van der Waals surface area contributed by atoms with E-state index in [1.54, 1.807) is 28.0 Å². The highest BCUT2D eigenvalue weighted by molar-refractivity contribution is 6.10. The smallest absolute Gasteiger partial charge is 0.273 e. The summed E-state index contributed by atoms with van der Waals surface area (Å²) in [6.07, 6.45) is 6.52. The molecular formula is C25H29N7O4. The van der Waals surface area contributed by atoms with Crippen molar-refractivity contribution >= 4 is 41.5 Å². The Morgan fingerprint density at radius 2 is 1.86 bits per heavy atom. The van der Waals surface area contributed by atoms with Crippen LogP contribution in [0.3, 0.4) is 0 Å². The van der Waals surface area contributed by atoms with Crippen molar-refractivity contribution in [2.24, 2.45) is 11.1 Å². The monoisotopic (exact) mass is 491 g/mol. The lowest BCUT2D eigenvalue weighted by molar-refractivity contribution is -0.127. The summed E-state index contributed by atoms with van der Waals surface area (Å²) < 4.78 is 5.49. The number of carbonyl (C=O) groups excluding carboxylic acids is 3. The van der Waals surface area contributed by atoms with Gasteiger partial charge in [-0.2, -0.15) is 0 Å². The number of methoxy groups -OCH3 is 1. The number of H-pyrrole nitrogens is 1. The fraction of sp³-hybridized carbons (Fsp3) is 0.320. The Balaban J connectivity index is 1.47. The average molecular weight is 492 g/mol. The second-order valence-electron chi connectivity index (χ2n) is 8.81. The van der Waals surface area contributed by atoms with Gasteiger partial charge in [-0.15, -0.1) is 0 Å². The van der Waals surface area contributed by atoms with E-state index in [1.165, 1.54) is 19.5 Å². The quantitative estimate of drug-likeness (QED) is 0.294. The molecule has 0 atom stereocenters. The minimum absolute atomic E-state index is 0.0266. The number of allylic oxidation sites excluding steroid dienone is 1. The third kappa shape index (κ3) is 4.23. The number of aromatic nitrogens is 1. The maximum absolute atomic E-state index is 13.6. The molecule has 1 aromatic carbocycles. The van der Waals surface area contributed by atoms with Crippen LogP contribution in [0.5, 0.6) is 5.75 Å². The lowest BCUT2D eigenvalue weighted by Crippen LogP contribution is -2.47. The Hall–Kier alpha value is -4.41. The second-order valence-corrected chi connectivity index (χ2v) is 8.81. The molecule has 0 radical (unpaired) electrons. The first-order valence-corrected chi connectivity index (χ1v) is 11.6. The van der Waals surface area contributed by atoms with Gasteiger partial charge in [-0.1, -0.05) is 0 Å². The molecule has 36 heavy (non-hydrogen) atoms. The Labute approximate surface area is 208 Å². The van der Waals surface area contributed by atoms with Crippen molar-refractivity contribution in [2.75, 3.05) is 31.6 Å². The van der Waals surface area contributed by atoms with Gasteiger partial charge in [0.2, 0.25) is 5.91 Å². The number of amides is 3. The highest BCUT2D eigenvalue weighted by atomic mass is 16.5. The number of nitrogens with one attached hydrogen (secondary N) is 4. The molecule has 6 N–H and O–H groups in total. The van der Waals surface area contributed by atoms with Crippen LogP contribution in [0.15, 0.2) is 36.7 Å². The van der Waals surface area contributed by atoms with E-state index < -0.39 is 11.3 Å². The number of likely N-dealkylation sites (tertiary alicyclic amines) is 1. The van der Waals surface area contributed by atoms with Gasteiger partial charge >= 0.3 is 0 Å². The highest BCUT2D eigenvalue weighted by Gasteiger charge is 2.49. The molecule has 2 aliphatic rings. The highest BCUT2D eigenvalue weighted by Crippen LogP contribution is 2.44. The summed E-state index contributed by atoms with van der Waals surface area (Å²) >= 11 is 0. The number of ether oxygens (including phenoxy) is 1. The van der Waals surface area contributed by atoms with E-state index >= 15 is 0 Å². The molecular weight excluding hydrogens is 462 g/mol. The first kappa shape index (κ1) is 24.7. The Bertz CT molecular complexity index is 1240. The molecule has 2 saturated heterocycles. The van der Waals surface area contributed by atoms with Gasteiger partial charge in [-0.3, -0.25) is 19.8 Å². The SMILES string of the molecule is COc1cc(N2CCC3(CCN(C(=O)c4cc[nH]c4C(=O)NC=N)CC3)C2=O)ccc1/C(C=N)=C/N. The van der Waals surface area contributed by atoms with Gasteiger partial charge in [0.25, 0.3) is 11.8 Å². The number of hydrogen-bond donors (Lipinski definition) is 5. The van der Waals surface area contributed by atoms with Crippen molar-refractivity contribution in [3.63, 3.8) is 0 Å². The van der Waals surface area contributed by atoms with Crippen LogP contribution >= 0.6 is 0 Å². The van der Waals surface area contributed by atoms with E-state index in [-0.39, 0.29) is 23.1 Å². The third-order valence-corrected chi connectivity index (χ3v) is 7.07. The maximum atomic E-state index is 13.6.